The number of carbonyl (C=O) groups is 2. The molecule has 1 atom stereocenters. The number of amides is 3. The van der Waals surface area contributed by atoms with Gasteiger partial charge in [-0.15, -0.1) is 11.3 Å². The van der Waals surface area contributed by atoms with Gasteiger partial charge in [-0.3, -0.25) is 9.69 Å². The van der Waals surface area contributed by atoms with Crippen molar-refractivity contribution in [2.45, 2.75) is 31.6 Å². The van der Waals surface area contributed by atoms with E-state index in [0.29, 0.717) is 28.2 Å². The van der Waals surface area contributed by atoms with Crippen LogP contribution in [-0.4, -0.2) is 21.8 Å². The third-order valence-corrected chi connectivity index (χ3v) is 6.24. The van der Waals surface area contributed by atoms with E-state index in [-0.39, 0.29) is 12.5 Å². The Kier molecular flexibility index (Phi) is 5.30. The number of hydrogen-bond donors (Lipinski definition) is 1. The zero-order chi connectivity index (χ0) is 22.2. The van der Waals surface area contributed by atoms with Crippen LogP contribution in [0.3, 0.4) is 0 Å². The van der Waals surface area contributed by atoms with Crippen LogP contribution in [0.2, 0.25) is 0 Å². The Morgan fingerprint density at radius 3 is 2.35 bits per heavy atom. The predicted molar refractivity (Wildman–Crippen MR) is 110 cm³/mol. The molecule has 1 unspecified atom stereocenters. The highest BCUT2D eigenvalue weighted by atomic mass is 32.1. The number of thiazole rings is 1. The van der Waals surface area contributed by atoms with Crippen molar-refractivity contribution < 1.29 is 22.8 Å². The molecule has 160 valence electrons. The molecule has 5 nitrogen and oxygen atoms in total. The van der Waals surface area contributed by atoms with E-state index in [1.165, 1.54) is 23.5 Å². The molecule has 1 N–H and O–H groups in total. The fraction of sp³-hybridized carbons (Fsp3) is 0.227. The summed E-state index contributed by atoms with van der Waals surface area (Å²) < 4.78 is 38.3. The number of hydrogen-bond acceptors (Lipinski definition) is 4. The van der Waals surface area contributed by atoms with Gasteiger partial charge in [-0.25, -0.2) is 9.78 Å². The lowest BCUT2D eigenvalue weighted by molar-refractivity contribution is -0.137. The molecule has 0 bridgehead atoms. The highest BCUT2D eigenvalue weighted by molar-refractivity contribution is 7.13. The molecule has 0 saturated carbocycles. The third-order valence-electron chi connectivity index (χ3n) is 5.30. The van der Waals surface area contributed by atoms with Gasteiger partial charge in [-0.05, 0) is 24.1 Å². The van der Waals surface area contributed by atoms with Crippen molar-refractivity contribution in [2.75, 3.05) is 0 Å². The molecule has 31 heavy (non-hydrogen) atoms. The van der Waals surface area contributed by atoms with Gasteiger partial charge in [-0.2, -0.15) is 13.2 Å². The summed E-state index contributed by atoms with van der Waals surface area (Å²) in [5.74, 6) is -0.352. The van der Waals surface area contributed by atoms with Gasteiger partial charge in [0.15, 0.2) is 0 Å². The van der Waals surface area contributed by atoms with Gasteiger partial charge in [0.1, 0.15) is 10.5 Å². The molecule has 3 aromatic rings. The minimum atomic E-state index is -4.40. The van der Waals surface area contributed by atoms with Crippen molar-refractivity contribution in [3.05, 3.63) is 76.8 Å². The van der Waals surface area contributed by atoms with Crippen LogP contribution in [0.15, 0.2) is 60.0 Å². The van der Waals surface area contributed by atoms with Crippen molar-refractivity contribution in [1.29, 1.82) is 0 Å². The van der Waals surface area contributed by atoms with Gasteiger partial charge in [0.05, 0.1) is 17.8 Å². The second kappa shape index (κ2) is 7.81. The second-order valence-electron chi connectivity index (χ2n) is 7.17. The second-order valence-corrected chi connectivity index (χ2v) is 8.02. The molecular weight excluding hydrogens is 427 g/mol. The molecule has 2 heterocycles. The standard InChI is InChI=1S/C22H18F3N3O2S/c1-2-21(15-6-4-3-5-7-15)19(29)28(20(30)27-21)12-17-13-31-18(26-17)14-8-10-16(11-9-14)22(23,24)25/h3-11,13H,2,12H2,1H3,(H,27,30). The highest BCUT2D eigenvalue weighted by Crippen LogP contribution is 2.34. The van der Waals surface area contributed by atoms with Crippen LogP contribution < -0.4 is 5.32 Å². The molecule has 1 aliphatic rings. The van der Waals surface area contributed by atoms with Crippen molar-refractivity contribution in [1.82, 2.24) is 15.2 Å². The smallest absolute Gasteiger partial charge is 0.319 e. The Labute approximate surface area is 180 Å². The van der Waals surface area contributed by atoms with Gasteiger partial charge in [0.25, 0.3) is 5.91 Å². The van der Waals surface area contributed by atoms with E-state index in [4.69, 9.17) is 0 Å². The Morgan fingerprint density at radius 1 is 1.06 bits per heavy atom. The summed E-state index contributed by atoms with van der Waals surface area (Å²) in [7, 11) is 0. The molecule has 3 amide bonds. The quantitative estimate of drug-likeness (QED) is 0.550. The molecule has 2 aromatic carbocycles. The lowest BCUT2D eigenvalue weighted by Crippen LogP contribution is -2.43. The summed E-state index contributed by atoms with van der Waals surface area (Å²) in [6.07, 6.45) is -4.01. The van der Waals surface area contributed by atoms with Gasteiger partial charge >= 0.3 is 12.2 Å². The maximum atomic E-state index is 13.2. The first-order valence-electron chi connectivity index (χ1n) is 9.56. The topological polar surface area (TPSA) is 62.3 Å². The Hall–Kier alpha value is -3.20. The van der Waals surface area contributed by atoms with E-state index in [1.807, 2.05) is 25.1 Å². The fourth-order valence-electron chi connectivity index (χ4n) is 3.61. The summed E-state index contributed by atoms with van der Waals surface area (Å²) in [4.78, 5) is 31.3. The molecular formula is C22H18F3N3O2S. The number of nitrogens with one attached hydrogen (secondary N) is 1. The van der Waals surface area contributed by atoms with Crippen LogP contribution >= 0.6 is 11.3 Å². The Morgan fingerprint density at radius 2 is 1.74 bits per heavy atom. The maximum Gasteiger partial charge on any atom is 0.416 e. The first-order chi connectivity index (χ1) is 14.7. The maximum absolute atomic E-state index is 13.2. The molecule has 1 fully saturated rings. The molecule has 0 spiro atoms. The molecule has 1 aromatic heterocycles. The molecule has 0 aliphatic carbocycles. The van der Waals surface area contributed by atoms with Crippen LogP contribution in [-0.2, 0) is 23.1 Å². The lowest BCUT2D eigenvalue weighted by atomic mass is 9.87. The lowest BCUT2D eigenvalue weighted by Gasteiger charge is -2.25. The number of nitrogens with zero attached hydrogens (tertiary/aromatic N) is 2. The van der Waals surface area contributed by atoms with Crippen LogP contribution in [0, 0.1) is 0 Å². The first kappa shape index (κ1) is 21.0. The minimum Gasteiger partial charge on any atom is -0.319 e. The number of alkyl halides is 3. The van der Waals surface area contributed by atoms with Crippen LogP contribution in [0.1, 0.15) is 30.2 Å². The zero-order valence-electron chi connectivity index (χ0n) is 16.4. The number of halogens is 3. The van der Waals surface area contributed by atoms with Crippen LogP contribution in [0.5, 0.6) is 0 Å². The van der Waals surface area contributed by atoms with E-state index in [0.717, 1.165) is 17.0 Å². The van der Waals surface area contributed by atoms with Gasteiger partial charge in [-0.1, -0.05) is 49.4 Å². The average molecular weight is 445 g/mol. The number of rotatable bonds is 5. The summed E-state index contributed by atoms with van der Waals surface area (Å²) in [6, 6.07) is 13.3. The van der Waals surface area contributed by atoms with E-state index in [2.05, 4.69) is 10.3 Å². The van der Waals surface area contributed by atoms with E-state index >= 15 is 0 Å². The summed E-state index contributed by atoms with van der Waals surface area (Å²) >= 11 is 1.24. The third kappa shape index (κ3) is 3.81. The molecule has 1 saturated heterocycles. The SMILES string of the molecule is CCC1(c2ccccc2)NC(=O)N(Cc2csc(-c3ccc(C(F)(F)F)cc3)n2)C1=O. The van der Waals surface area contributed by atoms with Crippen LogP contribution in [0.4, 0.5) is 18.0 Å². The molecule has 9 heteroatoms. The number of carbonyl (C=O) groups excluding carboxylic acids is 2. The minimum absolute atomic E-state index is 0.0175. The van der Waals surface area contributed by atoms with E-state index in [9.17, 15) is 22.8 Å². The molecule has 4 rings (SSSR count). The monoisotopic (exact) mass is 445 g/mol. The van der Waals surface area contributed by atoms with E-state index < -0.39 is 23.3 Å². The van der Waals surface area contributed by atoms with E-state index in [1.54, 1.807) is 17.5 Å². The summed E-state index contributed by atoms with van der Waals surface area (Å²) in [5, 5.41) is 5.03. The average Bonchev–Trinajstić information content (AvgIpc) is 3.33. The zero-order valence-corrected chi connectivity index (χ0v) is 17.3. The molecule has 0 radical (unpaired) electrons. The number of aromatic nitrogens is 1. The van der Waals surface area contributed by atoms with Crippen molar-refractivity contribution >= 4 is 23.3 Å². The summed E-state index contributed by atoms with van der Waals surface area (Å²) in [5.41, 5.74) is -0.117. The summed E-state index contributed by atoms with van der Waals surface area (Å²) in [6.45, 7) is 1.82. The van der Waals surface area contributed by atoms with Crippen molar-refractivity contribution in [3.8, 4) is 10.6 Å². The Balaban J connectivity index is 1.55. The van der Waals surface area contributed by atoms with Crippen molar-refractivity contribution in [3.63, 3.8) is 0 Å². The first-order valence-corrected chi connectivity index (χ1v) is 10.4. The number of imide groups is 1. The van der Waals surface area contributed by atoms with Gasteiger partial charge in [0, 0.05) is 10.9 Å². The Bertz CT molecular complexity index is 1110. The van der Waals surface area contributed by atoms with Crippen molar-refractivity contribution in [2.24, 2.45) is 0 Å². The van der Waals surface area contributed by atoms with Crippen LogP contribution in [0.25, 0.3) is 10.6 Å². The largest absolute Gasteiger partial charge is 0.416 e. The van der Waals surface area contributed by atoms with Gasteiger partial charge < -0.3 is 5.32 Å². The van der Waals surface area contributed by atoms with Gasteiger partial charge in [0.2, 0.25) is 0 Å². The molecule has 1 aliphatic heterocycles. The highest BCUT2D eigenvalue weighted by Gasteiger charge is 2.51. The number of urea groups is 1. The predicted octanol–water partition coefficient (Wildman–Crippen LogP) is 5.19. The fourth-order valence-corrected chi connectivity index (χ4v) is 4.42. The normalized spacial score (nSPS) is 19.0. The number of benzene rings is 2.